The second kappa shape index (κ2) is 11.3. The molecular formula is C18H31IN4O. The van der Waals surface area contributed by atoms with Gasteiger partial charge in [-0.2, -0.15) is 0 Å². The van der Waals surface area contributed by atoms with Gasteiger partial charge >= 0.3 is 0 Å². The Labute approximate surface area is 163 Å². The van der Waals surface area contributed by atoms with Crippen molar-refractivity contribution in [1.82, 2.24) is 15.5 Å². The maximum atomic E-state index is 11.6. The molecule has 136 valence electrons. The molecular weight excluding hydrogens is 415 g/mol. The highest BCUT2D eigenvalue weighted by atomic mass is 127. The van der Waals surface area contributed by atoms with Gasteiger partial charge in [-0.1, -0.05) is 44.2 Å². The molecule has 0 fully saturated rings. The summed E-state index contributed by atoms with van der Waals surface area (Å²) in [5.41, 5.74) is 1.23. The number of benzene rings is 1. The van der Waals surface area contributed by atoms with E-state index in [4.69, 9.17) is 0 Å². The third-order valence-corrected chi connectivity index (χ3v) is 3.66. The minimum absolute atomic E-state index is 0. The van der Waals surface area contributed by atoms with E-state index in [-0.39, 0.29) is 35.3 Å². The van der Waals surface area contributed by atoms with Crippen LogP contribution in [0.4, 0.5) is 0 Å². The predicted molar refractivity (Wildman–Crippen MR) is 112 cm³/mol. The third-order valence-electron chi connectivity index (χ3n) is 3.66. The van der Waals surface area contributed by atoms with E-state index < -0.39 is 0 Å². The Bertz CT molecular complexity index is 515. The number of nitrogens with one attached hydrogen (secondary N) is 2. The summed E-state index contributed by atoms with van der Waals surface area (Å²) < 4.78 is 0. The van der Waals surface area contributed by atoms with E-state index in [2.05, 4.69) is 53.7 Å². The zero-order chi connectivity index (χ0) is 17.3. The number of nitrogens with zero attached hydrogens (tertiary/aromatic N) is 2. The number of hydrogen-bond acceptors (Lipinski definition) is 2. The number of rotatable bonds is 7. The van der Waals surface area contributed by atoms with Crippen LogP contribution in [0.25, 0.3) is 0 Å². The van der Waals surface area contributed by atoms with Crippen LogP contribution >= 0.6 is 24.0 Å². The second-order valence-corrected chi connectivity index (χ2v) is 6.41. The molecule has 1 aromatic carbocycles. The van der Waals surface area contributed by atoms with E-state index in [0.717, 1.165) is 12.5 Å². The van der Waals surface area contributed by atoms with Gasteiger partial charge < -0.3 is 15.5 Å². The molecule has 0 aliphatic rings. The number of carbonyl (C=O) groups is 1. The lowest BCUT2D eigenvalue weighted by Crippen LogP contribution is -2.40. The molecule has 0 spiro atoms. The number of guanidine groups is 1. The molecule has 1 aromatic rings. The summed E-state index contributed by atoms with van der Waals surface area (Å²) >= 11 is 0. The number of aliphatic imine (C=N–C) groups is 1. The molecule has 0 saturated carbocycles. The van der Waals surface area contributed by atoms with E-state index in [1.807, 2.05) is 13.0 Å². The highest BCUT2D eigenvalue weighted by Gasteiger charge is 2.20. The molecule has 0 aliphatic heterocycles. The highest BCUT2D eigenvalue weighted by molar-refractivity contribution is 14.0. The Morgan fingerprint density at radius 3 is 2.33 bits per heavy atom. The first-order chi connectivity index (χ1) is 10.9. The minimum atomic E-state index is -0.0386. The lowest BCUT2D eigenvalue weighted by atomic mass is 9.85. The van der Waals surface area contributed by atoms with Crippen LogP contribution in [0.15, 0.2) is 35.3 Å². The van der Waals surface area contributed by atoms with Gasteiger partial charge in [-0.15, -0.1) is 24.0 Å². The van der Waals surface area contributed by atoms with Crippen LogP contribution in [0.1, 0.15) is 32.8 Å². The van der Waals surface area contributed by atoms with E-state index in [0.29, 0.717) is 19.5 Å². The van der Waals surface area contributed by atoms with Gasteiger partial charge in [0, 0.05) is 39.0 Å². The largest absolute Gasteiger partial charge is 0.357 e. The smallest absolute Gasteiger partial charge is 0.223 e. The molecule has 2 N–H and O–H groups in total. The average molecular weight is 446 g/mol. The quantitative estimate of drug-likeness (QED) is 0.385. The topological polar surface area (TPSA) is 56.7 Å². The van der Waals surface area contributed by atoms with Gasteiger partial charge in [0.2, 0.25) is 5.91 Å². The number of hydrogen-bond donors (Lipinski definition) is 2. The van der Waals surface area contributed by atoms with Gasteiger partial charge in [0.05, 0.1) is 6.54 Å². The van der Waals surface area contributed by atoms with Gasteiger partial charge in [0.25, 0.3) is 0 Å². The normalized spacial score (nSPS) is 11.5. The zero-order valence-corrected chi connectivity index (χ0v) is 17.8. The molecule has 5 nitrogen and oxygen atoms in total. The molecule has 0 radical (unpaired) electrons. The fraction of sp³-hybridized carbons (Fsp3) is 0.556. The number of carbonyl (C=O) groups excluding carboxylic acids is 1. The first-order valence-electron chi connectivity index (χ1n) is 8.14. The molecule has 0 unspecified atom stereocenters. The van der Waals surface area contributed by atoms with Crippen LogP contribution < -0.4 is 10.6 Å². The summed E-state index contributed by atoms with van der Waals surface area (Å²) in [5, 5.41) is 6.45. The number of amides is 1. The Kier molecular flexibility index (Phi) is 10.7. The van der Waals surface area contributed by atoms with E-state index in [9.17, 15) is 4.79 Å². The van der Waals surface area contributed by atoms with Gasteiger partial charge in [0.15, 0.2) is 5.96 Å². The average Bonchev–Trinajstić information content (AvgIpc) is 2.53. The van der Waals surface area contributed by atoms with Crippen LogP contribution in [-0.4, -0.2) is 50.5 Å². The summed E-state index contributed by atoms with van der Waals surface area (Å²) in [6.07, 6.45) is 0.458. The fourth-order valence-electron chi connectivity index (χ4n) is 2.11. The van der Waals surface area contributed by atoms with Crippen molar-refractivity contribution >= 4 is 35.8 Å². The van der Waals surface area contributed by atoms with Crippen LogP contribution in [0, 0.1) is 0 Å². The second-order valence-electron chi connectivity index (χ2n) is 6.41. The van der Waals surface area contributed by atoms with Gasteiger partial charge in [-0.05, 0) is 12.5 Å². The maximum Gasteiger partial charge on any atom is 0.223 e. The Balaban J connectivity index is 0.00000529. The first kappa shape index (κ1) is 22.7. The molecule has 0 heterocycles. The van der Waals surface area contributed by atoms with Crippen molar-refractivity contribution in [3.8, 4) is 0 Å². The third kappa shape index (κ3) is 7.99. The summed E-state index contributed by atoms with van der Waals surface area (Å²) in [5.74, 6) is 0.862. The van der Waals surface area contributed by atoms with E-state index >= 15 is 0 Å². The van der Waals surface area contributed by atoms with Crippen molar-refractivity contribution in [1.29, 1.82) is 0 Å². The van der Waals surface area contributed by atoms with Crippen LogP contribution in [0.3, 0.4) is 0 Å². The van der Waals surface area contributed by atoms with Crippen LogP contribution in [0.2, 0.25) is 0 Å². The van der Waals surface area contributed by atoms with Crippen molar-refractivity contribution < 1.29 is 4.79 Å². The predicted octanol–water partition coefficient (Wildman–Crippen LogP) is 2.62. The Hall–Kier alpha value is -1.31. The zero-order valence-electron chi connectivity index (χ0n) is 15.4. The molecule has 0 aliphatic carbocycles. The molecule has 1 rings (SSSR count). The lowest BCUT2D eigenvalue weighted by molar-refractivity contribution is -0.128. The molecule has 0 bridgehead atoms. The SMILES string of the molecule is CCNC(=NCC(C)(C)c1ccccc1)NCCC(=O)N(C)C.I. The molecule has 1 amide bonds. The van der Waals surface area contributed by atoms with Crippen LogP contribution in [-0.2, 0) is 10.2 Å². The standard InChI is InChI=1S/C18H30N4O.HI/c1-6-19-17(20-13-12-16(23)22(4)5)21-14-18(2,3)15-10-8-7-9-11-15;/h7-11H,6,12-14H2,1-5H3,(H2,19,20,21);1H. The van der Waals surface area contributed by atoms with E-state index in [1.165, 1.54) is 5.56 Å². The Morgan fingerprint density at radius 1 is 1.17 bits per heavy atom. The first-order valence-corrected chi connectivity index (χ1v) is 8.14. The van der Waals surface area contributed by atoms with Gasteiger partial charge in [-0.3, -0.25) is 9.79 Å². The monoisotopic (exact) mass is 446 g/mol. The molecule has 0 atom stereocenters. The van der Waals surface area contributed by atoms with Crippen molar-refractivity contribution in [2.45, 2.75) is 32.6 Å². The van der Waals surface area contributed by atoms with Crippen molar-refractivity contribution in [3.05, 3.63) is 35.9 Å². The summed E-state index contributed by atoms with van der Waals surface area (Å²) in [4.78, 5) is 17.9. The van der Waals surface area contributed by atoms with Crippen LogP contribution in [0.5, 0.6) is 0 Å². The summed E-state index contributed by atoms with van der Waals surface area (Å²) in [7, 11) is 3.54. The lowest BCUT2D eigenvalue weighted by Gasteiger charge is -2.24. The van der Waals surface area contributed by atoms with Crippen molar-refractivity contribution in [2.75, 3.05) is 33.7 Å². The fourth-order valence-corrected chi connectivity index (χ4v) is 2.11. The molecule has 24 heavy (non-hydrogen) atoms. The summed E-state index contributed by atoms with van der Waals surface area (Å²) in [6, 6.07) is 10.4. The highest BCUT2D eigenvalue weighted by Crippen LogP contribution is 2.22. The molecule has 0 aromatic heterocycles. The van der Waals surface area contributed by atoms with Gasteiger partial charge in [-0.25, -0.2) is 0 Å². The summed E-state index contributed by atoms with van der Waals surface area (Å²) in [6.45, 7) is 8.45. The van der Waals surface area contributed by atoms with Gasteiger partial charge in [0.1, 0.15) is 0 Å². The van der Waals surface area contributed by atoms with E-state index in [1.54, 1.807) is 19.0 Å². The maximum absolute atomic E-state index is 11.6. The Morgan fingerprint density at radius 2 is 1.79 bits per heavy atom. The number of halogens is 1. The molecule has 0 saturated heterocycles. The minimum Gasteiger partial charge on any atom is -0.357 e. The van der Waals surface area contributed by atoms with Crippen molar-refractivity contribution in [2.24, 2.45) is 4.99 Å². The molecule has 6 heteroatoms. The van der Waals surface area contributed by atoms with Crippen molar-refractivity contribution in [3.63, 3.8) is 0 Å².